The smallest absolute Gasteiger partial charge is 0.534 e. The van der Waals surface area contributed by atoms with E-state index in [1.54, 1.807) is 12.1 Å². The molecule has 156 valence electrons. The molecule has 0 bridgehead atoms. The van der Waals surface area contributed by atoms with Crippen LogP contribution in [0.4, 0.5) is 0 Å². The van der Waals surface area contributed by atoms with Gasteiger partial charge >= 0.3 is 19.1 Å². The maximum atomic E-state index is 12.4. The van der Waals surface area contributed by atoms with E-state index in [9.17, 15) is 24.2 Å². The van der Waals surface area contributed by atoms with Crippen LogP contribution in [-0.4, -0.2) is 48.0 Å². The SMILES string of the molecule is CC(=O)CCCC(=O)NC1Cc2cccc(C(=O)OC(C)OC(C)=O)c2OB1O. The Labute approximate surface area is 168 Å². The van der Waals surface area contributed by atoms with Crippen molar-refractivity contribution in [2.45, 2.75) is 58.7 Å². The van der Waals surface area contributed by atoms with Crippen molar-refractivity contribution in [1.82, 2.24) is 5.32 Å². The van der Waals surface area contributed by atoms with Crippen molar-refractivity contribution in [3.63, 3.8) is 0 Å². The average molecular weight is 405 g/mol. The van der Waals surface area contributed by atoms with Crippen molar-refractivity contribution in [2.24, 2.45) is 0 Å². The number of hydrogen-bond donors (Lipinski definition) is 2. The summed E-state index contributed by atoms with van der Waals surface area (Å²) in [5, 5.41) is 13.0. The molecule has 0 aromatic heterocycles. The first kappa shape index (κ1) is 22.4. The molecule has 1 amide bonds. The van der Waals surface area contributed by atoms with Crippen molar-refractivity contribution < 1.29 is 38.3 Å². The Morgan fingerprint density at radius 1 is 1.24 bits per heavy atom. The molecule has 0 spiro atoms. The molecule has 0 aliphatic carbocycles. The number of amides is 1. The lowest BCUT2D eigenvalue weighted by molar-refractivity contribution is -0.162. The molecule has 9 nitrogen and oxygen atoms in total. The van der Waals surface area contributed by atoms with Crippen LogP contribution in [0, 0.1) is 0 Å². The van der Waals surface area contributed by atoms with E-state index >= 15 is 0 Å². The summed E-state index contributed by atoms with van der Waals surface area (Å²) in [7, 11) is -1.36. The summed E-state index contributed by atoms with van der Waals surface area (Å²) in [5.74, 6) is -2.19. The van der Waals surface area contributed by atoms with Gasteiger partial charge < -0.3 is 29.3 Å². The standard InChI is InChI=1S/C19H24BNO8/c1-11(22)6-4-9-17(24)21-16-10-14-7-5-8-15(18(14)29-20(16)26)19(25)28-13(3)27-12(2)23/h5,7-8,13,16,26H,4,6,9-10H2,1-3H3,(H,21,24). The highest BCUT2D eigenvalue weighted by Crippen LogP contribution is 2.31. The van der Waals surface area contributed by atoms with Gasteiger partial charge in [-0.3, -0.25) is 9.59 Å². The molecule has 10 heteroatoms. The summed E-state index contributed by atoms with van der Waals surface area (Å²) in [6.45, 7) is 4.06. The number of fused-ring (bicyclic) bond motifs is 1. The van der Waals surface area contributed by atoms with Gasteiger partial charge in [0.25, 0.3) is 0 Å². The molecule has 2 rings (SSSR count). The highest BCUT2D eigenvalue weighted by Gasteiger charge is 2.38. The molecule has 29 heavy (non-hydrogen) atoms. The molecule has 1 heterocycles. The van der Waals surface area contributed by atoms with Gasteiger partial charge in [0, 0.05) is 26.7 Å². The fourth-order valence-electron chi connectivity index (χ4n) is 2.96. The number of ketones is 1. The number of ether oxygens (including phenoxy) is 2. The molecule has 0 radical (unpaired) electrons. The second kappa shape index (κ2) is 10.1. The molecule has 1 aliphatic rings. The third kappa shape index (κ3) is 6.60. The third-order valence-corrected chi connectivity index (χ3v) is 4.22. The van der Waals surface area contributed by atoms with Gasteiger partial charge in [-0.05, 0) is 31.4 Å². The van der Waals surface area contributed by atoms with E-state index in [4.69, 9.17) is 14.1 Å². The largest absolute Gasteiger partial charge is 0.547 e. The monoisotopic (exact) mass is 405 g/mol. The summed E-state index contributed by atoms with van der Waals surface area (Å²) in [4.78, 5) is 46.3. The number of benzene rings is 1. The molecule has 1 aliphatic heterocycles. The molecular weight excluding hydrogens is 381 g/mol. The second-order valence-electron chi connectivity index (χ2n) is 6.82. The van der Waals surface area contributed by atoms with E-state index < -0.39 is 31.3 Å². The first-order valence-electron chi connectivity index (χ1n) is 9.31. The fourth-order valence-corrected chi connectivity index (χ4v) is 2.96. The van der Waals surface area contributed by atoms with Crippen molar-refractivity contribution in [1.29, 1.82) is 0 Å². The molecule has 2 atom stereocenters. The van der Waals surface area contributed by atoms with E-state index in [0.29, 0.717) is 18.4 Å². The van der Waals surface area contributed by atoms with E-state index in [1.165, 1.54) is 26.8 Å². The van der Waals surface area contributed by atoms with Gasteiger partial charge in [0.15, 0.2) is 0 Å². The zero-order valence-electron chi connectivity index (χ0n) is 16.6. The van der Waals surface area contributed by atoms with Crippen molar-refractivity contribution in [3.05, 3.63) is 29.3 Å². The number of nitrogens with one attached hydrogen (secondary N) is 1. The predicted molar refractivity (Wildman–Crippen MR) is 102 cm³/mol. The van der Waals surface area contributed by atoms with E-state index in [1.807, 2.05) is 0 Å². The summed E-state index contributed by atoms with van der Waals surface area (Å²) >= 11 is 0. The zero-order valence-corrected chi connectivity index (χ0v) is 16.6. The van der Waals surface area contributed by atoms with Gasteiger partial charge in [-0.15, -0.1) is 0 Å². The molecule has 2 unspecified atom stereocenters. The minimum Gasteiger partial charge on any atom is -0.534 e. The lowest BCUT2D eigenvalue weighted by Crippen LogP contribution is -2.53. The van der Waals surface area contributed by atoms with Crippen LogP contribution in [-0.2, 0) is 30.3 Å². The Morgan fingerprint density at radius 2 is 1.97 bits per heavy atom. The third-order valence-electron chi connectivity index (χ3n) is 4.22. The van der Waals surface area contributed by atoms with Crippen molar-refractivity contribution in [2.75, 3.05) is 0 Å². The topological polar surface area (TPSA) is 128 Å². The Bertz CT molecular complexity index is 796. The van der Waals surface area contributed by atoms with Gasteiger partial charge in [0.2, 0.25) is 12.2 Å². The van der Waals surface area contributed by atoms with Crippen LogP contribution in [0.15, 0.2) is 18.2 Å². The number of Topliss-reactive ketones (excluding diaryl/α,β-unsaturated/α-hetero) is 1. The Hall–Kier alpha value is -2.88. The summed E-state index contributed by atoms with van der Waals surface area (Å²) < 4.78 is 15.3. The summed E-state index contributed by atoms with van der Waals surface area (Å²) in [5.41, 5.74) is 0.686. The van der Waals surface area contributed by atoms with Crippen LogP contribution in [0.2, 0.25) is 0 Å². The van der Waals surface area contributed by atoms with Crippen LogP contribution in [0.1, 0.15) is 56.0 Å². The fraction of sp³-hybridized carbons (Fsp3) is 0.474. The van der Waals surface area contributed by atoms with Crippen LogP contribution < -0.4 is 9.97 Å². The Balaban J connectivity index is 2.04. The highest BCUT2D eigenvalue weighted by molar-refractivity contribution is 6.47. The zero-order chi connectivity index (χ0) is 21.6. The van der Waals surface area contributed by atoms with Crippen LogP contribution in [0.25, 0.3) is 0 Å². The average Bonchev–Trinajstić information content (AvgIpc) is 2.60. The first-order chi connectivity index (χ1) is 13.7. The Kier molecular flexibility index (Phi) is 7.78. The van der Waals surface area contributed by atoms with Crippen molar-refractivity contribution >= 4 is 30.7 Å². The molecule has 0 saturated carbocycles. The van der Waals surface area contributed by atoms with E-state index in [2.05, 4.69) is 5.32 Å². The van der Waals surface area contributed by atoms with Crippen molar-refractivity contribution in [3.8, 4) is 5.75 Å². The van der Waals surface area contributed by atoms with E-state index in [-0.39, 0.29) is 35.8 Å². The Morgan fingerprint density at radius 3 is 2.62 bits per heavy atom. The maximum Gasteiger partial charge on any atom is 0.547 e. The predicted octanol–water partition coefficient (Wildman–Crippen LogP) is 0.951. The lowest BCUT2D eigenvalue weighted by Gasteiger charge is -2.29. The van der Waals surface area contributed by atoms with Gasteiger partial charge in [0.05, 0.1) is 5.94 Å². The van der Waals surface area contributed by atoms with Gasteiger partial charge in [-0.2, -0.15) is 0 Å². The minimum atomic E-state index is -1.36. The number of rotatable bonds is 8. The number of hydrogen-bond acceptors (Lipinski definition) is 8. The van der Waals surface area contributed by atoms with Crippen LogP contribution >= 0.6 is 0 Å². The van der Waals surface area contributed by atoms with Crippen LogP contribution in [0.5, 0.6) is 5.75 Å². The molecule has 0 fully saturated rings. The molecular formula is C19H24BNO8. The molecule has 1 aromatic rings. The van der Waals surface area contributed by atoms with Gasteiger partial charge in [0.1, 0.15) is 17.1 Å². The van der Waals surface area contributed by atoms with Gasteiger partial charge in [-0.25, -0.2) is 4.79 Å². The lowest BCUT2D eigenvalue weighted by atomic mass is 9.72. The molecule has 1 aromatic carbocycles. The quantitative estimate of drug-likeness (QED) is 0.372. The highest BCUT2D eigenvalue weighted by atomic mass is 16.7. The summed E-state index contributed by atoms with van der Waals surface area (Å²) in [6, 6.07) is 4.80. The number of carbonyl (C=O) groups is 4. The molecule has 0 saturated heterocycles. The number of carbonyl (C=O) groups excluding carboxylic acids is 4. The molecule has 2 N–H and O–H groups in total. The normalized spacial score (nSPS) is 16.1. The summed E-state index contributed by atoms with van der Waals surface area (Å²) in [6.07, 6.45) is 0.0761. The first-order valence-corrected chi connectivity index (χ1v) is 9.31. The van der Waals surface area contributed by atoms with Crippen LogP contribution in [0.3, 0.4) is 0 Å². The second-order valence-corrected chi connectivity index (χ2v) is 6.82. The maximum absolute atomic E-state index is 12.4. The minimum absolute atomic E-state index is 0.00944. The number of esters is 2. The van der Waals surface area contributed by atoms with Gasteiger partial charge in [-0.1, -0.05) is 12.1 Å². The van der Waals surface area contributed by atoms with E-state index in [0.717, 1.165) is 0 Å². The number of para-hydroxylation sites is 1.